The van der Waals surface area contributed by atoms with Gasteiger partial charge in [-0.25, -0.2) is 0 Å². The lowest BCUT2D eigenvalue weighted by molar-refractivity contribution is 0.131. The molecular formula is C59H72O4. The first-order valence-corrected chi connectivity index (χ1v) is 22.7. The van der Waals surface area contributed by atoms with Crippen molar-refractivity contribution in [3.8, 4) is 67.5 Å². The van der Waals surface area contributed by atoms with E-state index in [0.717, 1.165) is 55.6 Å². The highest BCUT2D eigenvalue weighted by molar-refractivity contribution is 5.87. The van der Waals surface area contributed by atoms with Gasteiger partial charge in [-0.3, -0.25) is 0 Å². The van der Waals surface area contributed by atoms with Crippen LogP contribution in [0.2, 0.25) is 0 Å². The molecule has 63 heavy (non-hydrogen) atoms. The van der Waals surface area contributed by atoms with Crippen LogP contribution in [0.1, 0.15) is 137 Å². The molecule has 0 radical (unpaired) electrons. The highest BCUT2D eigenvalue weighted by atomic mass is 16.5. The Bertz CT molecular complexity index is 2360. The first kappa shape index (κ1) is 47.0. The average molecular weight is 845 g/mol. The summed E-state index contributed by atoms with van der Waals surface area (Å²) >= 11 is 0. The van der Waals surface area contributed by atoms with Gasteiger partial charge in [-0.1, -0.05) is 156 Å². The van der Waals surface area contributed by atoms with Gasteiger partial charge in [0.15, 0.2) is 0 Å². The number of phenolic OH excluding ortho intramolecular Hbond substituents is 2. The lowest BCUT2D eigenvalue weighted by Crippen LogP contribution is -2.23. The van der Waals surface area contributed by atoms with Gasteiger partial charge in [0.25, 0.3) is 0 Å². The lowest BCUT2D eigenvalue weighted by Gasteiger charge is -2.27. The smallest absolute Gasteiger partial charge is 0.131 e. The molecule has 4 heteroatoms. The quantitative estimate of drug-likeness (QED) is 0.144. The Morgan fingerprint density at radius 2 is 0.683 bits per heavy atom. The third kappa shape index (κ3) is 10.8. The fraction of sp³-hybridized carbons (Fsp3) is 0.390. The average Bonchev–Trinajstić information content (AvgIpc) is 3.18. The maximum absolute atomic E-state index is 12.1. The molecule has 332 valence electrons. The summed E-state index contributed by atoms with van der Waals surface area (Å²) in [6.45, 7) is 35.1. The Balaban J connectivity index is 1.28. The molecule has 0 aliphatic carbocycles. The highest BCUT2D eigenvalue weighted by Gasteiger charge is 2.26. The van der Waals surface area contributed by atoms with Crippen LogP contribution in [0.3, 0.4) is 0 Å². The first-order valence-electron chi connectivity index (χ1n) is 22.7. The van der Waals surface area contributed by atoms with E-state index in [-0.39, 0.29) is 45.4 Å². The van der Waals surface area contributed by atoms with E-state index in [1.807, 2.05) is 60.7 Å². The van der Waals surface area contributed by atoms with E-state index < -0.39 is 0 Å². The van der Waals surface area contributed by atoms with Crippen molar-refractivity contribution in [1.29, 1.82) is 0 Å². The van der Waals surface area contributed by atoms with Crippen molar-refractivity contribution in [1.82, 2.24) is 0 Å². The molecule has 6 rings (SSSR count). The molecule has 1 unspecified atom stereocenters. The van der Waals surface area contributed by atoms with Gasteiger partial charge in [-0.15, -0.1) is 0 Å². The number of para-hydroxylation sites is 2. The van der Waals surface area contributed by atoms with Crippen LogP contribution < -0.4 is 9.47 Å². The van der Waals surface area contributed by atoms with Crippen LogP contribution in [0.25, 0.3) is 44.5 Å². The molecule has 0 spiro atoms. The fourth-order valence-corrected chi connectivity index (χ4v) is 8.29. The Hall–Kier alpha value is -5.48. The van der Waals surface area contributed by atoms with Gasteiger partial charge >= 0.3 is 0 Å². The molecule has 0 amide bonds. The Morgan fingerprint density at radius 1 is 0.397 bits per heavy atom. The minimum absolute atomic E-state index is 0.0560. The van der Waals surface area contributed by atoms with Crippen molar-refractivity contribution in [3.63, 3.8) is 0 Å². The topological polar surface area (TPSA) is 58.9 Å². The van der Waals surface area contributed by atoms with Crippen LogP contribution in [0.5, 0.6) is 23.0 Å². The summed E-state index contributed by atoms with van der Waals surface area (Å²) in [6.07, 6.45) is 0.163. The van der Waals surface area contributed by atoms with Crippen LogP contribution in [0, 0.1) is 13.8 Å². The van der Waals surface area contributed by atoms with Crippen molar-refractivity contribution in [2.24, 2.45) is 0 Å². The van der Waals surface area contributed by atoms with Gasteiger partial charge in [0.2, 0.25) is 0 Å². The van der Waals surface area contributed by atoms with Gasteiger partial charge in [-0.05, 0) is 130 Å². The van der Waals surface area contributed by atoms with E-state index in [1.54, 1.807) is 0 Å². The van der Waals surface area contributed by atoms with Crippen molar-refractivity contribution < 1.29 is 19.7 Å². The number of ether oxygens (including phenoxy) is 2. The lowest BCUT2D eigenvalue weighted by atomic mass is 9.78. The van der Waals surface area contributed by atoms with Crippen LogP contribution in [0.15, 0.2) is 109 Å². The maximum atomic E-state index is 12.1. The number of rotatable bonds is 10. The zero-order valence-electron chi connectivity index (χ0n) is 41.0. The predicted octanol–water partition coefficient (Wildman–Crippen LogP) is 16.2. The Morgan fingerprint density at radius 3 is 0.984 bits per heavy atom. The normalized spacial score (nSPS) is 13.5. The number of aryl methyl sites for hydroxylation is 2. The second-order valence-corrected chi connectivity index (χ2v) is 22.1. The van der Waals surface area contributed by atoms with Crippen molar-refractivity contribution >= 4 is 0 Å². The second-order valence-electron chi connectivity index (χ2n) is 22.1. The molecule has 0 aromatic heterocycles. The molecular weight excluding hydrogens is 773 g/mol. The third-order valence-corrected chi connectivity index (χ3v) is 12.1. The van der Waals surface area contributed by atoms with Crippen LogP contribution in [-0.2, 0) is 21.7 Å². The number of hydrogen-bond donors (Lipinski definition) is 2. The van der Waals surface area contributed by atoms with E-state index >= 15 is 0 Å². The van der Waals surface area contributed by atoms with E-state index in [2.05, 4.69) is 159 Å². The Labute approximate surface area is 379 Å². The molecule has 0 aliphatic heterocycles. The van der Waals surface area contributed by atoms with Crippen LogP contribution in [-0.4, -0.2) is 22.4 Å². The van der Waals surface area contributed by atoms with Crippen LogP contribution in [0.4, 0.5) is 0 Å². The summed E-state index contributed by atoms with van der Waals surface area (Å²) in [5.74, 6) is 1.88. The second kappa shape index (κ2) is 17.6. The molecule has 0 saturated carbocycles. The molecule has 0 fully saturated rings. The fourth-order valence-electron chi connectivity index (χ4n) is 8.29. The molecule has 0 saturated heterocycles. The maximum Gasteiger partial charge on any atom is 0.131 e. The van der Waals surface area contributed by atoms with Gasteiger partial charge in [0.05, 0.1) is 12.2 Å². The van der Waals surface area contributed by atoms with Gasteiger partial charge in [-0.2, -0.15) is 0 Å². The summed E-state index contributed by atoms with van der Waals surface area (Å²) in [5.41, 5.74) is 13.6. The van der Waals surface area contributed by atoms with Crippen LogP contribution >= 0.6 is 0 Å². The minimum atomic E-state index is -0.219. The molecule has 6 aromatic rings. The molecule has 0 bridgehead atoms. The number of phenols is 2. The standard InChI is InChI=1S/C59H72O4/c1-36-25-48(40-30-42(56(5,6)7)34-43(31-40)57(8,9)10)54(60)50(27-36)46-21-17-19-23-52(46)62-38(3)29-39(4)63-53-24-20-18-22-47(53)51-28-37(2)26-49(55(51)61)41-32-44(58(11,12)13)35-45(33-41)59(14,15)16/h17-28,30-35,38-39,60-61H,29H2,1-16H3/t38-,39?/m1/s1. The van der Waals surface area contributed by atoms with Crippen molar-refractivity contribution in [2.45, 2.75) is 151 Å². The van der Waals surface area contributed by atoms with E-state index in [4.69, 9.17) is 9.47 Å². The summed E-state index contributed by atoms with van der Waals surface area (Å²) in [6, 6.07) is 37.7. The predicted molar refractivity (Wildman–Crippen MR) is 267 cm³/mol. The van der Waals surface area contributed by atoms with E-state index in [0.29, 0.717) is 17.9 Å². The first-order chi connectivity index (χ1) is 29.2. The van der Waals surface area contributed by atoms with E-state index in [9.17, 15) is 10.2 Å². The molecule has 0 heterocycles. The van der Waals surface area contributed by atoms with Gasteiger partial charge in [0.1, 0.15) is 23.0 Å². The SMILES string of the molecule is Cc1cc(-c2cc(C(C)(C)C)cc(C(C)(C)C)c2)c(O)c(-c2ccccc2OC(C)C[C@@H](C)Oc2ccccc2-c2cc(C)cc(-c3cc(C(C)(C)C)cc(C(C)(C)C)c3)c2O)c1. The number of aromatic hydroxyl groups is 2. The third-order valence-electron chi connectivity index (χ3n) is 12.1. The summed E-state index contributed by atoms with van der Waals surface area (Å²) in [5, 5.41) is 24.2. The highest BCUT2D eigenvalue weighted by Crippen LogP contribution is 2.47. The zero-order chi connectivity index (χ0) is 46.4. The minimum Gasteiger partial charge on any atom is -0.507 e. The molecule has 2 atom stereocenters. The largest absolute Gasteiger partial charge is 0.507 e. The molecule has 2 N–H and O–H groups in total. The molecule has 6 aromatic carbocycles. The number of hydrogen-bond acceptors (Lipinski definition) is 4. The summed E-state index contributed by atoms with van der Waals surface area (Å²) in [7, 11) is 0. The molecule has 0 aliphatic rings. The molecule has 4 nitrogen and oxygen atoms in total. The van der Waals surface area contributed by atoms with Gasteiger partial charge < -0.3 is 19.7 Å². The van der Waals surface area contributed by atoms with Gasteiger partial charge in [0, 0.05) is 39.8 Å². The Kier molecular flexibility index (Phi) is 13.1. The van der Waals surface area contributed by atoms with Crippen molar-refractivity contribution in [3.05, 3.63) is 143 Å². The van der Waals surface area contributed by atoms with Crippen molar-refractivity contribution in [2.75, 3.05) is 0 Å². The van der Waals surface area contributed by atoms with E-state index in [1.165, 1.54) is 22.3 Å². The number of benzene rings is 6. The summed E-state index contributed by atoms with van der Waals surface area (Å²) in [4.78, 5) is 0. The monoisotopic (exact) mass is 845 g/mol. The zero-order valence-corrected chi connectivity index (χ0v) is 41.0. The summed E-state index contributed by atoms with van der Waals surface area (Å²) < 4.78 is 13.5.